The first-order chi connectivity index (χ1) is 10.3. The van der Waals surface area contributed by atoms with Crippen LogP contribution in [0.4, 0.5) is 5.69 Å². The maximum Gasteiger partial charge on any atom is 0.103 e. The number of rotatable bonds is 4. The SMILES string of the molecule is Cc1nccc(NC[C@@H]2CCCO[C@H]2c2ccn[nH]2)c1Cl. The Kier molecular flexibility index (Phi) is 4.41. The zero-order chi connectivity index (χ0) is 14.7. The van der Waals surface area contributed by atoms with Crippen LogP contribution in [0.15, 0.2) is 24.5 Å². The van der Waals surface area contributed by atoms with Crippen LogP contribution < -0.4 is 5.32 Å². The van der Waals surface area contributed by atoms with Crippen LogP contribution in [0.5, 0.6) is 0 Å². The minimum absolute atomic E-state index is 0.0652. The van der Waals surface area contributed by atoms with Gasteiger partial charge in [-0.3, -0.25) is 10.1 Å². The molecule has 0 spiro atoms. The summed E-state index contributed by atoms with van der Waals surface area (Å²) in [6.07, 6.45) is 5.81. The molecule has 0 aliphatic carbocycles. The highest BCUT2D eigenvalue weighted by Crippen LogP contribution is 2.33. The first kappa shape index (κ1) is 14.4. The molecule has 2 aromatic rings. The lowest BCUT2D eigenvalue weighted by Gasteiger charge is -2.31. The Labute approximate surface area is 129 Å². The summed E-state index contributed by atoms with van der Waals surface area (Å²) in [7, 11) is 0. The number of hydrogen-bond donors (Lipinski definition) is 2. The molecule has 6 heteroatoms. The van der Waals surface area contributed by atoms with Crippen molar-refractivity contribution in [2.24, 2.45) is 5.92 Å². The number of H-pyrrole nitrogens is 1. The maximum atomic E-state index is 6.27. The van der Waals surface area contributed by atoms with E-state index in [2.05, 4.69) is 20.5 Å². The molecular formula is C15H19ClN4O. The molecule has 1 fully saturated rings. The third-order valence-corrected chi connectivity index (χ3v) is 4.37. The Balaban J connectivity index is 1.69. The molecule has 5 nitrogen and oxygen atoms in total. The molecule has 2 atom stereocenters. The highest BCUT2D eigenvalue weighted by atomic mass is 35.5. The number of aromatic amines is 1. The monoisotopic (exact) mass is 306 g/mol. The molecule has 0 radical (unpaired) electrons. The van der Waals surface area contributed by atoms with E-state index in [1.54, 1.807) is 12.4 Å². The van der Waals surface area contributed by atoms with Crippen LogP contribution in [0.1, 0.15) is 30.3 Å². The zero-order valence-electron chi connectivity index (χ0n) is 12.0. The summed E-state index contributed by atoms with van der Waals surface area (Å²) >= 11 is 6.27. The van der Waals surface area contributed by atoms with E-state index in [4.69, 9.17) is 16.3 Å². The van der Waals surface area contributed by atoms with Crippen molar-refractivity contribution in [2.45, 2.75) is 25.9 Å². The van der Waals surface area contributed by atoms with Gasteiger partial charge in [-0.2, -0.15) is 5.10 Å². The van der Waals surface area contributed by atoms with Gasteiger partial charge in [0.2, 0.25) is 0 Å². The summed E-state index contributed by atoms with van der Waals surface area (Å²) in [4.78, 5) is 4.18. The molecule has 0 aromatic carbocycles. The molecule has 0 bridgehead atoms. The minimum atomic E-state index is 0.0652. The van der Waals surface area contributed by atoms with Gasteiger partial charge in [-0.25, -0.2) is 0 Å². The Morgan fingerprint density at radius 2 is 2.33 bits per heavy atom. The van der Waals surface area contributed by atoms with E-state index in [9.17, 15) is 0 Å². The molecule has 1 aliphatic heterocycles. The Morgan fingerprint density at radius 3 is 3.14 bits per heavy atom. The van der Waals surface area contributed by atoms with E-state index in [1.807, 2.05) is 19.1 Å². The van der Waals surface area contributed by atoms with E-state index in [0.717, 1.165) is 43.1 Å². The Bertz CT molecular complexity index is 587. The van der Waals surface area contributed by atoms with Crippen LogP contribution in [0, 0.1) is 12.8 Å². The lowest BCUT2D eigenvalue weighted by Crippen LogP contribution is -2.28. The van der Waals surface area contributed by atoms with Gasteiger partial charge in [0.15, 0.2) is 0 Å². The van der Waals surface area contributed by atoms with Gasteiger partial charge in [0.05, 0.1) is 22.1 Å². The fourth-order valence-corrected chi connectivity index (χ4v) is 2.93. The van der Waals surface area contributed by atoms with Crippen molar-refractivity contribution in [3.05, 3.63) is 40.9 Å². The average molecular weight is 307 g/mol. The van der Waals surface area contributed by atoms with Gasteiger partial charge in [0.25, 0.3) is 0 Å². The van der Waals surface area contributed by atoms with Crippen molar-refractivity contribution < 1.29 is 4.74 Å². The molecule has 1 aliphatic rings. The molecule has 1 saturated heterocycles. The van der Waals surface area contributed by atoms with E-state index in [0.29, 0.717) is 10.9 Å². The second-order valence-corrected chi connectivity index (χ2v) is 5.72. The standard InChI is InChI=1S/C15H19ClN4O/c1-10-14(16)12(4-6-17-10)18-9-11-3-2-8-21-15(11)13-5-7-19-20-13/h4-7,11,15H,2-3,8-9H2,1H3,(H,17,18)(H,19,20)/t11-,15+/m0/s1. The first-order valence-electron chi connectivity index (χ1n) is 7.21. The molecule has 3 rings (SSSR count). The summed E-state index contributed by atoms with van der Waals surface area (Å²) in [5.74, 6) is 0.392. The molecule has 0 amide bonds. The third kappa shape index (κ3) is 3.19. The number of hydrogen-bond acceptors (Lipinski definition) is 4. The molecule has 112 valence electrons. The molecule has 0 saturated carbocycles. The van der Waals surface area contributed by atoms with Crippen molar-refractivity contribution >= 4 is 17.3 Å². The quantitative estimate of drug-likeness (QED) is 0.909. The average Bonchev–Trinajstić information content (AvgIpc) is 3.03. The normalized spacial score (nSPS) is 22.2. The van der Waals surface area contributed by atoms with Crippen molar-refractivity contribution in [1.29, 1.82) is 0 Å². The second kappa shape index (κ2) is 6.45. The first-order valence-corrected chi connectivity index (χ1v) is 7.59. The van der Waals surface area contributed by atoms with E-state index < -0.39 is 0 Å². The number of aryl methyl sites for hydroxylation is 1. The number of halogens is 1. The lowest BCUT2D eigenvalue weighted by atomic mass is 9.92. The fourth-order valence-electron chi connectivity index (χ4n) is 2.75. The number of ether oxygens (including phenoxy) is 1. The van der Waals surface area contributed by atoms with E-state index in [-0.39, 0.29) is 6.10 Å². The highest BCUT2D eigenvalue weighted by Gasteiger charge is 2.28. The smallest absolute Gasteiger partial charge is 0.103 e. The topological polar surface area (TPSA) is 62.8 Å². The molecule has 2 N–H and O–H groups in total. The number of nitrogens with zero attached hydrogens (tertiary/aromatic N) is 2. The predicted molar refractivity (Wildman–Crippen MR) is 82.5 cm³/mol. The van der Waals surface area contributed by atoms with Crippen LogP contribution in [-0.4, -0.2) is 28.3 Å². The molecule has 3 heterocycles. The van der Waals surface area contributed by atoms with E-state index in [1.165, 1.54) is 0 Å². The van der Waals surface area contributed by atoms with Crippen LogP contribution >= 0.6 is 11.6 Å². The van der Waals surface area contributed by atoms with Gasteiger partial charge in [0.1, 0.15) is 6.10 Å². The maximum absolute atomic E-state index is 6.27. The van der Waals surface area contributed by atoms with Gasteiger partial charge in [-0.15, -0.1) is 0 Å². The predicted octanol–water partition coefficient (Wildman–Crippen LogP) is 3.35. The van der Waals surface area contributed by atoms with E-state index >= 15 is 0 Å². The zero-order valence-corrected chi connectivity index (χ0v) is 12.7. The third-order valence-electron chi connectivity index (χ3n) is 3.89. The van der Waals surface area contributed by atoms with Crippen molar-refractivity contribution in [1.82, 2.24) is 15.2 Å². The highest BCUT2D eigenvalue weighted by molar-refractivity contribution is 6.33. The summed E-state index contributed by atoms with van der Waals surface area (Å²) < 4.78 is 5.92. The van der Waals surface area contributed by atoms with Crippen LogP contribution in [0.3, 0.4) is 0 Å². The number of nitrogens with one attached hydrogen (secondary N) is 2. The number of pyridine rings is 1. The largest absolute Gasteiger partial charge is 0.383 e. The van der Waals surface area contributed by atoms with Gasteiger partial charge < -0.3 is 10.1 Å². The van der Waals surface area contributed by atoms with Crippen molar-refractivity contribution in [3.63, 3.8) is 0 Å². The number of aromatic nitrogens is 3. The van der Waals surface area contributed by atoms with Gasteiger partial charge in [-0.05, 0) is 31.9 Å². The summed E-state index contributed by atoms with van der Waals surface area (Å²) in [5.41, 5.74) is 2.81. The molecule has 0 unspecified atom stereocenters. The summed E-state index contributed by atoms with van der Waals surface area (Å²) in [6.45, 7) is 3.52. The van der Waals surface area contributed by atoms with Gasteiger partial charge in [-0.1, -0.05) is 11.6 Å². The summed E-state index contributed by atoms with van der Waals surface area (Å²) in [5, 5.41) is 11.2. The lowest BCUT2D eigenvalue weighted by molar-refractivity contribution is -0.0263. The van der Waals surface area contributed by atoms with Crippen molar-refractivity contribution in [2.75, 3.05) is 18.5 Å². The van der Waals surface area contributed by atoms with Crippen LogP contribution in [0.25, 0.3) is 0 Å². The number of anilines is 1. The Morgan fingerprint density at radius 1 is 1.43 bits per heavy atom. The molecule has 2 aromatic heterocycles. The minimum Gasteiger partial charge on any atom is -0.383 e. The van der Waals surface area contributed by atoms with Crippen LogP contribution in [-0.2, 0) is 4.74 Å². The molecule has 21 heavy (non-hydrogen) atoms. The van der Waals surface area contributed by atoms with Gasteiger partial charge >= 0.3 is 0 Å². The summed E-state index contributed by atoms with van der Waals surface area (Å²) in [6, 6.07) is 3.89. The van der Waals surface area contributed by atoms with Gasteiger partial charge in [0, 0.05) is 31.5 Å². The van der Waals surface area contributed by atoms with Crippen LogP contribution in [0.2, 0.25) is 5.02 Å². The second-order valence-electron chi connectivity index (χ2n) is 5.34. The molecular weight excluding hydrogens is 288 g/mol. The fraction of sp³-hybridized carbons (Fsp3) is 0.467. The van der Waals surface area contributed by atoms with Crippen molar-refractivity contribution in [3.8, 4) is 0 Å². The Hall–Kier alpha value is -1.59.